The van der Waals surface area contributed by atoms with E-state index in [4.69, 9.17) is 7.74 Å². The quantitative estimate of drug-likeness (QED) is 0.531. The molecule has 5 heteroatoms. The molecule has 2 nitrogen and oxygen atoms in total. The second-order valence-electron chi connectivity index (χ2n) is 3.33. The number of hydrogen-bond acceptors (Lipinski definition) is 2. The highest BCUT2D eigenvalue weighted by Crippen LogP contribution is 2.13. The van der Waals surface area contributed by atoms with Gasteiger partial charge in [0.15, 0.2) is 0 Å². The molecule has 0 spiro atoms. The van der Waals surface area contributed by atoms with E-state index in [0.29, 0.717) is 0 Å². The van der Waals surface area contributed by atoms with Crippen LogP contribution >= 0.6 is 0 Å². The molecule has 0 aliphatic rings. The van der Waals surface area contributed by atoms with Gasteiger partial charge in [0.25, 0.3) is 7.28 Å². The number of rotatable bonds is 3. The largest absolute Gasteiger partial charge is 0.324 e. The van der Waals surface area contributed by atoms with Gasteiger partial charge in [0.1, 0.15) is 7.17 Å². The van der Waals surface area contributed by atoms with Crippen molar-refractivity contribution in [2.75, 3.05) is 0 Å². The van der Waals surface area contributed by atoms with Crippen LogP contribution in [0.2, 0.25) is 0 Å². The summed E-state index contributed by atoms with van der Waals surface area (Å²) < 4.78 is 0. The van der Waals surface area contributed by atoms with Crippen molar-refractivity contribution >= 4 is 33.5 Å². The van der Waals surface area contributed by atoms with Gasteiger partial charge in [0.05, 0.1) is 5.68 Å². The van der Waals surface area contributed by atoms with Crippen LogP contribution in [0.25, 0.3) is 0 Å². The predicted octanol–water partition coefficient (Wildman–Crippen LogP) is 0.171. The van der Waals surface area contributed by atoms with Crippen LogP contribution in [-0.4, -0.2) is 33.5 Å². The first-order valence-electron chi connectivity index (χ1n) is 3.36. The zero-order chi connectivity index (χ0) is 9.07. The van der Waals surface area contributed by atoms with E-state index in [1.54, 1.807) is 20.8 Å². The normalized spacial score (nSPS) is 10.5. The average molecular weight is 146 g/mol. The maximum absolute atomic E-state index is 11.1. The molecule has 0 aliphatic carbocycles. The summed E-state index contributed by atoms with van der Waals surface area (Å²) in [6, 6.07) is 0. The van der Waals surface area contributed by atoms with Gasteiger partial charge in [0, 0.05) is 18.7 Å². The predicted molar refractivity (Wildman–Crippen MR) is 47.1 cm³/mol. The minimum absolute atomic E-state index is 0.204. The first-order chi connectivity index (χ1) is 4.88. The highest BCUT2D eigenvalue weighted by molar-refractivity contribution is 7.27. The van der Waals surface area contributed by atoms with Crippen molar-refractivity contribution < 1.29 is 9.59 Å². The lowest BCUT2D eigenvalue weighted by atomic mass is 9.40. The lowest BCUT2D eigenvalue weighted by molar-refractivity contribution is -0.118. The van der Waals surface area contributed by atoms with Crippen LogP contribution in [0.4, 0.5) is 4.79 Å². The molecule has 0 unspecified atom stereocenters. The molecule has 4 radical (unpaired) electrons. The van der Waals surface area contributed by atoms with E-state index in [1.807, 2.05) is 0 Å². The fraction of sp³-hybridized carbons (Fsp3) is 0.667. The molecule has 0 amide bonds. The second kappa shape index (κ2) is 3.79. The summed E-state index contributed by atoms with van der Waals surface area (Å²) in [6.45, 7) is 5.24. The minimum atomic E-state index is -0.501. The van der Waals surface area contributed by atoms with Crippen LogP contribution in [0.15, 0.2) is 0 Å². The summed E-state index contributed by atoms with van der Waals surface area (Å²) in [5, 5.41) is 0. The molecule has 0 atom stereocenters. The first kappa shape index (κ1) is 10.5. The van der Waals surface area contributed by atoms with Crippen molar-refractivity contribution in [2.24, 2.45) is 5.41 Å². The summed E-state index contributed by atoms with van der Waals surface area (Å²) in [7, 11) is 6.80. The molecule has 0 rings (SSSR count). The topological polar surface area (TPSA) is 34.1 Å². The van der Waals surface area contributed by atoms with Crippen molar-refractivity contribution in [3.8, 4) is 0 Å². The Labute approximate surface area is 70.0 Å². The van der Waals surface area contributed by atoms with Crippen LogP contribution < -0.4 is 0 Å². The van der Waals surface area contributed by atoms with Gasteiger partial charge in [-0.3, -0.25) is 0 Å². The molecular weight excluding hydrogens is 136 g/mol. The van der Waals surface area contributed by atoms with E-state index in [-0.39, 0.29) is 5.68 Å². The zero-order valence-electron chi connectivity index (χ0n) is 7.05. The van der Waals surface area contributed by atoms with Crippen molar-refractivity contribution in [3.05, 3.63) is 0 Å². The summed E-state index contributed by atoms with van der Waals surface area (Å²) in [4.78, 5) is 21.7. The summed E-state index contributed by atoms with van der Waals surface area (Å²) in [6.07, 6.45) is 0. The third kappa shape index (κ3) is 4.07. The molecule has 0 heterocycles. The van der Waals surface area contributed by atoms with Crippen molar-refractivity contribution in [3.63, 3.8) is 0 Å². The lowest BCUT2D eigenvalue weighted by Gasteiger charge is -2.15. The molecule has 0 aromatic heterocycles. The summed E-state index contributed by atoms with van der Waals surface area (Å²) in [5.74, 6) is 0. The molecule has 0 N–H and O–H groups in total. The third-order valence-electron chi connectivity index (χ3n) is 1.18. The molecule has 0 bridgehead atoms. The number of carbonyl (C=O) groups is 2. The van der Waals surface area contributed by atoms with E-state index in [0.717, 1.165) is 14.4 Å². The number of carbonyl (C=O) groups excluding carboxylic acids is 2. The molecule has 54 valence electrons. The monoisotopic (exact) mass is 146 g/mol. The van der Waals surface area contributed by atoms with E-state index < -0.39 is 11.0 Å². The van der Waals surface area contributed by atoms with Gasteiger partial charge in [-0.05, 0) is 0 Å². The molecule has 0 fully saturated rings. The Balaban J connectivity index is 3.99. The van der Waals surface area contributed by atoms with Gasteiger partial charge in [0.2, 0.25) is 0 Å². The van der Waals surface area contributed by atoms with E-state index in [9.17, 15) is 9.59 Å². The van der Waals surface area contributed by atoms with Crippen molar-refractivity contribution in [1.82, 2.24) is 0 Å². The van der Waals surface area contributed by atoms with Gasteiger partial charge in [-0.15, -0.1) is 0 Å². The minimum Gasteiger partial charge on any atom is -0.324 e. The van der Waals surface area contributed by atoms with Gasteiger partial charge in [-0.25, -0.2) is 0 Å². The smallest absolute Gasteiger partial charge is 0.275 e. The second-order valence-corrected chi connectivity index (χ2v) is 3.33. The van der Waals surface area contributed by atoms with Gasteiger partial charge in [-0.2, -0.15) is 0 Å². The SMILES string of the molecule is [B][B]C(=O)[B]C(=O)C(C)(C)C. The lowest BCUT2D eigenvalue weighted by Crippen LogP contribution is -2.32. The summed E-state index contributed by atoms with van der Waals surface area (Å²) in [5.41, 5.74) is -1.15. The van der Waals surface area contributed by atoms with Gasteiger partial charge < -0.3 is 9.59 Å². The molecule has 0 saturated heterocycles. The fourth-order valence-electron chi connectivity index (χ4n) is 0.394. The van der Waals surface area contributed by atoms with E-state index in [2.05, 4.69) is 0 Å². The molecule has 0 aromatic rings. The number of hydrogen-bond donors (Lipinski definition) is 0. The molecular formula is C6H9B3O2. The Kier molecular flexibility index (Phi) is 3.63. The highest BCUT2D eigenvalue weighted by atomic mass is 16.1. The Bertz CT molecular complexity index is 171. The fourth-order valence-corrected chi connectivity index (χ4v) is 0.394. The Morgan fingerprint density at radius 2 is 1.73 bits per heavy atom. The molecule has 0 saturated carbocycles. The highest BCUT2D eigenvalue weighted by Gasteiger charge is 2.23. The molecule has 0 aromatic carbocycles. The summed E-state index contributed by atoms with van der Waals surface area (Å²) >= 11 is 0. The Morgan fingerprint density at radius 3 is 2.00 bits per heavy atom. The van der Waals surface area contributed by atoms with Crippen molar-refractivity contribution in [2.45, 2.75) is 20.8 Å². The van der Waals surface area contributed by atoms with E-state index >= 15 is 0 Å². The van der Waals surface area contributed by atoms with Crippen LogP contribution in [0.1, 0.15) is 20.8 Å². The Hall–Kier alpha value is -0.465. The molecule has 11 heavy (non-hydrogen) atoms. The first-order valence-corrected chi connectivity index (χ1v) is 3.36. The maximum Gasteiger partial charge on any atom is 0.275 e. The van der Waals surface area contributed by atoms with Gasteiger partial charge in [-0.1, -0.05) is 20.8 Å². The van der Waals surface area contributed by atoms with Crippen molar-refractivity contribution in [1.29, 1.82) is 0 Å². The molecule has 0 aliphatic heterocycles. The van der Waals surface area contributed by atoms with E-state index in [1.165, 1.54) is 0 Å². The van der Waals surface area contributed by atoms with Crippen LogP contribution in [0.3, 0.4) is 0 Å². The van der Waals surface area contributed by atoms with Crippen LogP contribution in [0.5, 0.6) is 0 Å². The third-order valence-corrected chi connectivity index (χ3v) is 1.18. The average Bonchev–Trinajstić information content (AvgIpc) is 1.85. The van der Waals surface area contributed by atoms with Crippen LogP contribution in [0, 0.1) is 5.41 Å². The Morgan fingerprint density at radius 1 is 1.27 bits per heavy atom. The van der Waals surface area contributed by atoms with Crippen LogP contribution in [-0.2, 0) is 4.79 Å². The maximum atomic E-state index is 11.1. The van der Waals surface area contributed by atoms with Gasteiger partial charge >= 0.3 is 0 Å². The standard InChI is InChI=1S/C6H9B3O2/c1-6(2,3)4(10)8-5(11)9-7/h1-3H3. The zero-order valence-corrected chi connectivity index (χ0v) is 7.05.